The van der Waals surface area contributed by atoms with Crippen LogP contribution in [0.3, 0.4) is 0 Å². The second-order valence-electron chi connectivity index (χ2n) is 3.13. The zero-order chi connectivity index (χ0) is 9.14. The van der Waals surface area contributed by atoms with E-state index in [1.165, 1.54) is 0 Å². The quantitative estimate of drug-likeness (QED) is 0.910. The second-order valence-corrected chi connectivity index (χ2v) is 3.99. The molecule has 0 saturated carbocycles. The fraction of sp³-hybridized carbons (Fsp3) is 0.625. The Morgan fingerprint density at radius 3 is 2.62 bits per heavy atom. The molecule has 1 heterocycles. The molecule has 1 N–H and O–H groups in total. The molecule has 0 aliphatic carbocycles. The molecule has 3 nitrogen and oxygen atoms in total. The monoisotopic (exact) mass is 267 g/mol. The summed E-state index contributed by atoms with van der Waals surface area (Å²) >= 11 is 3.44. The van der Waals surface area contributed by atoms with Gasteiger partial charge in [0.1, 0.15) is 0 Å². The van der Waals surface area contributed by atoms with Crippen LogP contribution in [-0.4, -0.2) is 15.8 Å². The Labute approximate surface area is 93.4 Å². The van der Waals surface area contributed by atoms with Gasteiger partial charge >= 0.3 is 0 Å². The predicted molar refractivity (Wildman–Crippen MR) is 60.1 cm³/mol. The van der Waals surface area contributed by atoms with Crippen LogP contribution in [0.25, 0.3) is 0 Å². The summed E-state index contributed by atoms with van der Waals surface area (Å²) in [5.41, 5.74) is 1.06. The maximum absolute atomic E-state index is 4.29. The van der Waals surface area contributed by atoms with E-state index < -0.39 is 0 Å². The Balaban J connectivity index is 0.00000144. The molecule has 0 atom stereocenters. The SMILES string of the molecule is CC(C)NCc1nn(C)cc1Br.Cl. The van der Waals surface area contributed by atoms with Crippen molar-refractivity contribution in [2.24, 2.45) is 7.05 Å². The number of nitrogens with one attached hydrogen (secondary N) is 1. The molecule has 1 aromatic rings. The molecular weight excluding hydrogens is 253 g/mol. The summed E-state index contributed by atoms with van der Waals surface area (Å²) < 4.78 is 2.87. The Bertz CT molecular complexity index is 260. The van der Waals surface area contributed by atoms with E-state index in [0.717, 1.165) is 16.7 Å². The Morgan fingerprint density at radius 1 is 1.62 bits per heavy atom. The van der Waals surface area contributed by atoms with Gasteiger partial charge in [-0.25, -0.2) is 0 Å². The van der Waals surface area contributed by atoms with Crippen LogP contribution in [-0.2, 0) is 13.6 Å². The second kappa shape index (κ2) is 5.62. The van der Waals surface area contributed by atoms with Crippen LogP contribution in [0.1, 0.15) is 19.5 Å². The summed E-state index contributed by atoms with van der Waals surface area (Å²) in [6.07, 6.45) is 1.96. The highest BCUT2D eigenvalue weighted by Gasteiger charge is 2.04. The first-order valence-electron chi connectivity index (χ1n) is 4.01. The summed E-state index contributed by atoms with van der Waals surface area (Å²) in [7, 11) is 1.92. The minimum absolute atomic E-state index is 0. The Hall–Kier alpha value is -0.0600. The maximum atomic E-state index is 4.29. The third-order valence-corrected chi connectivity index (χ3v) is 2.19. The first-order valence-corrected chi connectivity index (χ1v) is 4.80. The summed E-state index contributed by atoms with van der Waals surface area (Å²) in [5, 5.41) is 7.60. The molecule has 13 heavy (non-hydrogen) atoms. The predicted octanol–water partition coefficient (Wildman–Crippen LogP) is 2.10. The third-order valence-electron chi connectivity index (χ3n) is 1.53. The van der Waals surface area contributed by atoms with Gasteiger partial charge in [0.15, 0.2) is 0 Å². The molecule has 0 spiro atoms. The fourth-order valence-corrected chi connectivity index (χ4v) is 1.44. The summed E-state index contributed by atoms with van der Waals surface area (Å²) in [6, 6.07) is 0.499. The fourth-order valence-electron chi connectivity index (χ4n) is 0.926. The van der Waals surface area contributed by atoms with E-state index in [-0.39, 0.29) is 12.4 Å². The first kappa shape index (κ1) is 12.9. The van der Waals surface area contributed by atoms with Crippen molar-refractivity contribution >= 4 is 28.3 Å². The van der Waals surface area contributed by atoms with E-state index in [2.05, 4.69) is 40.2 Å². The minimum Gasteiger partial charge on any atom is -0.309 e. The van der Waals surface area contributed by atoms with Crippen molar-refractivity contribution in [1.82, 2.24) is 15.1 Å². The average molecular weight is 269 g/mol. The lowest BCUT2D eigenvalue weighted by Gasteiger charge is -2.05. The molecule has 1 aromatic heterocycles. The Morgan fingerprint density at radius 2 is 2.23 bits per heavy atom. The van der Waals surface area contributed by atoms with Crippen molar-refractivity contribution < 1.29 is 0 Å². The molecule has 0 aliphatic heterocycles. The molecule has 0 unspecified atom stereocenters. The van der Waals surface area contributed by atoms with Crippen molar-refractivity contribution in [2.75, 3.05) is 0 Å². The van der Waals surface area contributed by atoms with Crippen LogP contribution in [0, 0.1) is 0 Å². The van der Waals surface area contributed by atoms with E-state index in [1.54, 1.807) is 4.68 Å². The highest BCUT2D eigenvalue weighted by molar-refractivity contribution is 9.10. The smallest absolute Gasteiger partial charge is 0.0904 e. The van der Waals surface area contributed by atoms with Gasteiger partial charge in [-0.1, -0.05) is 13.8 Å². The minimum atomic E-state index is 0. The summed E-state index contributed by atoms with van der Waals surface area (Å²) in [6.45, 7) is 5.06. The maximum Gasteiger partial charge on any atom is 0.0904 e. The van der Waals surface area contributed by atoms with Gasteiger partial charge in [-0.3, -0.25) is 4.68 Å². The first-order chi connectivity index (χ1) is 5.59. The molecule has 5 heteroatoms. The van der Waals surface area contributed by atoms with Gasteiger partial charge in [-0.05, 0) is 15.9 Å². The van der Waals surface area contributed by atoms with Gasteiger partial charge in [-0.2, -0.15) is 5.10 Å². The standard InChI is InChI=1S/C8H14BrN3.ClH/c1-6(2)10-4-8-7(9)5-12(3)11-8;/h5-6,10H,4H2,1-3H3;1H. The summed E-state index contributed by atoms with van der Waals surface area (Å²) in [4.78, 5) is 0. The molecule has 76 valence electrons. The molecule has 0 saturated heterocycles. The van der Waals surface area contributed by atoms with Crippen LogP contribution in [0.15, 0.2) is 10.7 Å². The highest BCUT2D eigenvalue weighted by atomic mass is 79.9. The van der Waals surface area contributed by atoms with Crippen LogP contribution >= 0.6 is 28.3 Å². The zero-order valence-corrected chi connectivity index (χ0v) is 10.4. The topological polar surface area (TPSA) is 29.9 Å². The van der Waals surface area contributed by atoms with E-state index in [4.69, 9.17) is 0 Å². The lowest BCUT2D eigenvalue weighted by Crippen LogP contribution is -2.22. The van der Waals surface area contributed by atoms with E-state index >= 15 is 0 Å². The highest BCUT2D eigenvalue weighted by Crippen LogP contribution is 2.13. The molecule has 0 amide bonds. The van der Waals surface area contributed by atoms with Crippen LogP contribution in [0.5, 0.6) is 0 Å². The van der Waals surface area contributed by atoms with Gasteiger partial charge in [-0.15, -0.1) is 12.4 Å². The third kappa shape index (κ3) is 4.11. The zero-order valence-electron chi connectivity index (χ0n) is 8.04. The van der Waals surface area contributed by atoms with Crippen molar-refractivity contribution in [1.29, 1.82) is 0 Å². The number of aromatic nitrogens is 2. The van der Waals surface area contributed by atoms with E-state index in [1.807, 2.05) is 13.2 Å². The lowest BCUT2D eigenvalue weighted by atomic mass is 10.3. The van der Waals surface area contributed by atoms with Crippen LogP contribution < -0.4 is 5.32 Å². The van der Waals surface area contributed by atoms with Gasteiger partial charge in [0.05, 0.1) is 10.2 Å². The number of aryl methyl sites for hydroxylation is 1. The van der Waals surface area contributed by atoms with Gasteiger partial charge in [0, 0.05) is 25.8 Å². The van der Waals surface area contributed by atoms with E-state index in [9.17, 15) is 0 Å². The van der Waals surface area contributed by atoms with Gasteiger partial charge in [0.25, 0.3) is 0 Å². The number of rotatable bonds is 3. The normalized spacial score (nSPS) is 10.2. The van der Waals surface area contributed by atoms with Crippen LogP contribution in [0.4, 0.5) is 0 Å². The largest absolute Gasteiger partial charge is 0.309 e. The van der Waals surface area contributed by atoms with E-state index in [0.29, 0.717) is 6.04 Å². The van der Waals surface area contributed by atoms with Crippen molar-refractivity contribution in [3.05, 3.63) is 16.4 Å². The van der Waals surface area contributed by atoms with Crippen molar-refractivity contribution in [3.8, 4) is 0 Å². The van der Waals surface area contributed by atoms with Gasteiger partial charge < -0.3 is 5.32 Å². The summed E-state index contributed by atoms with van der Waals surface area (Å²) in [5.74, 6) is 0. The lowest BCUT2D eigenvalue weighted by molar-refractivity contribution is 0.574. The van der Waals surface area contributed by atoms with Crippen LogP contribution in [0.2, 0.25) is 0 Å². The molecule has 0 aliphatic rings. The molecule has 0 radical (unpaired) electrons. The Kier molecular flexibility index (Phi) is 5.60. The van der Waals surface area contributed by atoms with Crippen molar-refractivity contribution in [2.45, 2.75) is 26.4 Å². The molecule has 0 bridgehead atoms. The van der Waals surface area contributed by atoms with Gasteiger partial charge in [0.2, 0.25) is 0 Å². The molecular formula is C8H15BrClN3. The molecule has 1 rings (SSSR count). The average Bonchev–Trinajstić information content (AvgIpc) is 2.26. The number of nitrogens with zero attached hydrogens (tertiary/aromatic N) is 2. The molecule has 0 fully saturated rings. The number of hydrogen-bond donors (Lipinski definition) is 1. The number of halogens is 2. The molecule has 0 aromatic carbocycles. The van der Waals surface area contributed by atoms with Crippen molar-refractivity contribution in [3.63, 3.8) is 0 Å². The number of hydrogen-bond acceptors (Lipinski definition) is 2.